The molecule has 1 N–H and O–H groups in total. The molecule has 0 aliphatic rings. The Morgan fingerprint density at radius 2 is 2.14 bits per heavy atom. The smallest absolute Gasteiger partial charge is 0.110 e. The summed E-state index contributed by atoms with van der Waals surface area (Å²) in [7, 11) is 2.04. The molecular formula is C15H25N5S. The molecule has 1 unspecified atom stereocenters. The van der Waals surface area contributed by atoms with Gasteiger partial charge in [0.25, 0.3) is 0 Å². The Bertz CT molecular complexity index is 567. The number of hydrogen-bond acceptors (Lipinski definition) is 5. The molecule has 0 spiro atoms. The Labute approximate surface area is 131 Å². The van der Waals surface area contributed by atoms with Crippen molar-refractivity contribution in [3.05, 3.63) is 28.8 Å². The van der Waals surface area contributed by atoms with Crippen LogP contribution >= 0.6 is 11.5 Å². The average molecular weight is 307 g/mol. The molecule has 0 saturated carbocycles. The lowest BCUT2D eigenvalue weighted by Crippen LogP contribution is -2.27. The van der Waals surface area contributed by atoms with E-state index in [1.54, 1.807) is 0 Å². The summed E-state index contributed by atoms with van der Waals surface area (Å²) in [5.41, 5.74) is 1.10. The molecule has 1 atom stereocenters. The summed E-state index contributed by atoms with van der Waals surface area (Å²) < 4.78 is 6.27. The molecule has 0 aromatic carbocycles. The highest BCUT2D eigenvalue weighted by atomic mass is 32.1. The van der Waals surface area contributed by atoms with E-state index in [4.69, 9.17) is 0 Å². The first kappa shape index (κ1) is 16.1. The van der Waals surface area contributed by atoms with Crippen LogP contribution < -0.4 is 5.32 Å². The summed E-state index contributed by atoms with van der Waals surface area (Å²) in [6.07, 6.45) is 5.80. The first-order chi connectivity index (χ1) is 9.93. The minimum absolute atomic E-state index is 0.0100. The molecule has 0 bridgehead atoms. The summed E-state index contributed by atoms with van der Waals surface area (Å²) in [6, 6.07) is 0.222. The van der Waals surface area contributed by atoms with Gasteiger partial charge in [-0.25, -0.2) is 4.98 Å². The van der Waals surface area contributed by atoms with Gasteiger partial charge in [-0.3, -0.25) is 0 Å². The van der Waals surface area contributed by atoms with E-state index < -0.39 is 0 Å². The number of imidazole rings is 1. The van der Waals surface area contributed by atoms with E-state index in [0.717, 1.165) is 30.9 Å². The molecule has 21 heavy (non-hydrogen) atoms. The van der Waals surface area contributed by atoms with Crippen molar-refractivity contribution in [1.29, 1.82) is 0 Å². The van der Waals surface area contributed by atoms with Gasteiger partial charge in [-0.2, -0.15) is 0 Å². The van der Waals surface area contributed by atoms with E-state index in [1.165, 1.54) is 16.4 Å². The molecule has 0 aliphatic heterocycles. The largest absolute Gasteiger partial charge is 0.338 e. The van der Waals surface area contributed by atoms with Crippen LogP contribution in [0.15, 0.2) is 12.4 Å². The SMILES string of the molecule is CCCNC(Cc1nccn1C)c1snnc1C(C)(C)C. The molecule has 0 aliphatic carbocycles. The highest BCUT2D eigenvalue weighted by Crippen LogP contribution is 2.31. The number of aryl methyl sites for hydroxylation is 1. The Morgan fingerprint density at radius 3 is 2.71 bits per heavy atom. The second kappa shape index (κ2) is 6.66. The third kappa shape index (κ3) is 3.89. The van der Waals surface area contributed by atoms with Crippen LogP contribution in [0.5, 0.6) is 0 Å². The highest BCUT2D eigenvalue weighted by Gasteiger charge is 2.27. The first-order valence-electron chi connectivity index (χ1n) is 7.45. The maximum atomic E-state index is 4.45. The molecule has 2 rings (SSSR count). The predicted octanol–water partition coefficient (Wildman–Crippen LogP) is 2.85. The average Bonchev–Trinajstić information content (AvgIpc) is 3.03. The quantitative estimate of drug-likeness (QED) is 0.891. The monoisotopic (exact) mass is 307 g/mol. The van der Waals surface area contributed by atoms with E-state index in [2.05, 4.69) is 52.1 Å². The van der Waals surface area contributed by atoms with Gasteiger partial charge in [0.05, 0.1) is 16.6 Å². The van der Waals surface area contributed by atoms with Gasteiger partial charge >= 0.3 is 0 Å². The number of hydrogen-bond donors (Lipinski definition) is 1. The fourth-order valence-electron chi connectivity index (χ4n) is 2.30. The molecule has 5 nitrogen and oxygen atoms in total. The number of rotatable bonds is 6. The van der Waals surface area contributed by atoms with Crippen LogP contribution in [-0.4, -0.2) is 25.7 Å². The van der Waals surface area contributed by atoms with Crippen molar-refractivity contribution in [3.8, 4) is 0 Å². The second-order valence-corrected chi connectivity index (χ2v) is 7.19. The van der Waals surface area contributed by atoms with Crippen LogP contribution in [0.2, 0.25) is 0 Å². The maximum Gasteiger partial charge on any atom is 0.110 e. The van der Waals surface area contributed by atoms with Gasteiger partial charge in [0.1, 0.15) is 5.82 Å². The van der Waals surface area contributed by atoms with Crippen LogP contribution in [0.3, 0.4) is 0 Å². The zero-order chi connectivity index (χ0) is 15.5. The van der Waals surface area contributed by atoms with Gasteiger partial charge in [0.2, 0.25) is 0 Å². The lowest BCUT2D eigenvalue weighted by atomic mass is 9.89. The second-order valence-electron chi connectivity index (χ2n) is 6.40. The van der Waals surface area contributed by atoms with Crippen molar-refractivity contribution in [2.45, 2.75) is 52.0 Å². The summed E-state index contributed by atoms with van der Waals surface area (Å²) in [5.74, 6) is 1.08. The molecule has 2 aromatic rings. The van der Waals surface area contributed by atoms with Gasteiger partial charge < -0.3 is 9.88 Å². The molecule has 2 heterocycles. The minimum Gasteiger partial charge on any atom is -0.338 e. The molecule has 0 amide bonds. The standard InChI is InChI=1S/C15H25N5S/c1-6-7-16-11(10-12-17-8-9-20(12)5)13-14(15(2,3)4)18-19-21-13/h8-9,11,16H,6-7,10H2,1-5H3. The van der Waals surface area contributed by atoms with Crippen LogP contribution in [-0.2, 0) is 18.9 Å². The fourth-order valence-corrected chi connectivity index (χ4v) is 3.24. The lowest BCUT2D eigenvalue weighted by Gasteiger charge is -2.22. The molecule has 6 heteroatoms. The Kier molecular flexibility index (Phi) is 5.11. The summed E-state index contributed by atoms with van der Waals surface area (Å²) >= 11 is 1.50. The van der Waals surface area contributed by atoms with Crippen LogP contribution in [0.4, 0.5) is 0 Å². The summed E-state index contributed by atoms with van der Waals surface area (Å²) in [5, 5.41) is 8.00. The van der Waals surface area contributed by atoms with Crippen molar-refractivity contribution >= 4 is 11.5 Å². The zero-order valence-electron chi connectivity index (χ0n) is 13.6. The number of aromatic nitrogens is 4. The lowest BCUT2D eigenvalue weighted by molar-refractivity contribution is 0.493. The van der Waals surface area contributed by atoms with Crippen LogP contribution in [0.1, 0.15) is 56.6 Å². The summed E-state index contributed by atoms with van der Waals surface area (Å²) in [6.45, 7) is 9.72. The molecule has 116 valence electrons. The first-order valence-corrected chi connectivity index (χ1v) is 8.23. The van der Waals surface area contributed by atoms with Crippen LogP contribution in [0.25, 0.3) is 0 Å². The Hall–Kier alpha value is -1.27. The third-order valence-electron chi connectivity index (χ3n) is 3.49. The molecule has 2 aromatic heterocycles. The minimum atomic E-state index is 0.0100. The van der Waals surface area contributed by atoms with Crippen molar-refractivity contribution in [2.75, 3.05) is 6.54 Å². The maximum absolute atomic E-state index is 4.45. The van der Waals surface area contributed by atoms with E-state index in [9.17, 15) is 0 Å². The van der Waals surface area contributed by atoms with E-state index in [0.29, 0.717) is 0 Å². The third-order valence-corrected chi connectivity index (χ3v) is 4.33. The van der Waals surface area contributed by atoms with Crippen molar-refractivity contribution < 1.29 is 0 Å². The van der Waals surface area contributed by atoms with Crippen molar-refractivity contribution in [2.24, 2.45) is 7.05 Å². The molecule has 0 saturated heterocycles. The van der Waals surface area contributed by atoms with E-state index in [-0.39, 0.29) is 11.5 Å². The van der Waals surface area contributed by atoms with Gasteiger partial charge in [-0.05, 0) is 24.5 Å². The van der Waals surface area contributed by atoms with Crippen LogP contribution in [0, 0.1) is 0 Å². The Balaban J connectivity index is 2.28. The molecular weight excluding hydrogens is 282 g/mol. The van der Waals surface area contributed by atoms with Gasteiger partial charge in [-0.1, -0.05) is 32.2 Å². The highest BCUT2D eigenvalue weighted by molar-refractivity contribution is 7.05. The van der Waals surface area contributed by atoms with E-state index in [1.807, 2.05) is 19.4 Å². The predicted molar refractivity (Wildman–Crippen MR) is 86.6 cm³/mol. The van der Waals surface area contributed by atoms with Crippen molar-refractivity contribution in [3.63, 3.8) is 0 Å². The normalized spacial score (nSPS) is 13.6. The zero-order valence-corrected chi connectivity index (χ0v) is 14.4. The molecule has 0 fully saturated rings. The van der Waals surface area contributed by atoms with Gasteiger partial charge in [0.15, 0.2) is 0 Å². The number of nitrogens with one attached hydrogen (secondary N) is 1. The van der Waals surface area contributed by atoms with Crippen molar-refractivity contribution in [1.82, 2.24) is 24.5 Å². The topological polar surface area (TPSA) is 55.6 Å². The fraction of sp³-hybridized carbons (Fsp3) is 0.667. The number of nitrogens with zero attached hydrogens (tertiary/aromatic N) is 4. The van der Waals surface area contributed by atoms with E-state index >= 15 is 0 Å². The van der Waals surface area contributed by atoms with Gasteiger partial charge in [-0.15, -0.1) is 5.10 Å². The van der Waals surface area contributed by atoms with Gasteiger partial charge in [0, 0.05) is 31.3 Å². The summed E-state index contributed by atoms with van der Waals surface area (Å²) in [4.78, 5) is 5.69. The molecule has 0 radical (unpaired) electrons. The Morgan fingerprint density at radius 1 is 1.38 bits per heavy atom.